The number of aryl methyl sites for hydroxylation is 1. The van der Waals surface area contributed by atoms with Crippen LogP contribution in [0, 0.1) is 5.92 Å². The van der Waals surface area contributed by atoms with Gasteiger partial charge in [0.1, 0.15) is 12.7 Å². The SMILES string of the molecule is CCn1cc(NC(=O)C2CCN(C(=O)COC(c3ccccc3)c3ccccc3)CC2)cn1. The van der Waals surface area contributed by atoms with Gasteiger partial charge in [0.05, 0.1) is 11.9 Å². The van der Waals surface area contributed by atoms with Gasteiger partial charge in [-0.15, -0.1) is 0 Å². The van der Waals surface area contributed by atoms with Gasteiger partial charge in [0.2, 0.25) is 11.8 Å². The molecule has 4 rings (SSSR count). The number of carbonyl (C=O) groups excluding carboxylic acids is 2. The van der Waals surface area contributed by atoms with Gasteiger partial charge in [0.25, 0.3) is 0 Å². The lowest BCUT2D eigenvalue weighted by atomic mass is 9.96. The molecule has 0 atom stereocenters. The summed E-state index contributed by atoms with van der Waals surface area (Å²) in [5.74, 6) is -0.168. The predicted octanol–water partition coefficient (Wildman–Crippen LogP) is 3.89. The van der Waals surface area contributed by atoms with Crippen LogP contribution in [0.25, 0.3) is 0 Å². The molecule has 0 aliphatic carbocycles. The minimum absolute atomic E-state index is 0.00151. The van der Waals surface area contributed by atoms with Crippen LogP contribution < -0.4 is 5.32 Å². The fraction of sp³-hybridized carbons (Fsp3) is 0.346. The minimum Gasteiger partial charge on any atom is -0.359 e. The number of hydrogen-bond donors (Lipinski definition) is 1. The molecule has 2 amide bonds. The summed E-state index contributed by atoms with van der Waals surface area (Å²) in [6, 6.07) is 19.9. The lowest BCUT2D eigenvalue weighted by molar-refractivity contribution is -0.140. The molecule has 7 nitrogen and oxygen atoms in total. The molecular weight excluding hydrogens is 416 g/mol. The van der Waals surface area contributed by atoms with Crippen molar-refractivity contribution in [3.8, 4) is 0 Å². The Balaban J connectivity index is 1.29. The van der Waals surface area contributed by atoms with Crippen molar-refractivity contribution in [1.82, 2.24) is 14.7 Å². The van der Waals surface area contributed by atoms with Crippen molar-refractivity contribution in [1.29, 1.82) is 0 Å². The maximum Gasteiger partial charge on any atom is 0.248 e. The third kappa shape index (κ3) is 5.87. The van der Waals surface area contributed by atoms with Gasteiger partial charge in [-0.05, 0) is 30.9 Å². The zero-order valence-electron chi connectivity index (χ0n) is 18.9. The summed E-state index contributed by atoms with van der Waals surface area (Å²) in [7, 11) is 0. The van der Waals surface area contributed by atoms with E-state index in [4.69, 9.17) is 4.74 Å². The Bertz CT molecular complexity index is 1000. The first-order valence-electron chi connectivity index (χ1n) is 11.5. The average Bonchev–Trinajstić information content (AvgIpc) is 3.33. The van der Waals surface area contributed by atoms with E-state index in [9.17, 15) is 9.59 Å². The molecule has 1 aliphatic heterocycles. The summed E-state index contributed by atoms with van der Waals surface area (Å²) in [6.07, 6.45) is 4.46. The molecule has 1 aliphatic rings. The highest BCUT2D eigenvalue weighted by Crippen LogP contribution is 2.26. The number of ether oxygens (including phenoxy) is 1. The summed E-state index contributed by atoms with van der Waals surface area (Å²) < 4.78 is 7.89. The number of benzene rings is 2. The van der Waals surface area contributed by atoms with Gasteiger partial charge < -0.3 is 15.0 Å². The Hall–Kier alpha value is -3.45. The van der Waals surface area contributed by atoms with Gasteiger partial charge in [-0.3, -0.25) is 14.3 Å². The molecular formula is C26H30N4O3. The van der Waals surface area contributed by atoms with E-state index in [0.29, 0.717) is 31.6 Å². The van der Waals surface area contributed by atoms with Crippen molar-refractivity contribution in [2.24, 2.45) is 5.92 Å². The quantitative estimate of drug-likeness (QED) is 0.570. The Morgan fingerprint density at radius 3 is 2.18 bits per heavy atom. The van der Waals surface area contributed by atoms with Crippen LogP contribution in [0.3, 0.4) is 0 Å². The molecule has 0 radical (unpaired) electrons. The zero-order valence-corrected chi connectivity index (χ0v) is 18.9. The average molecular weight is 447 g/mol. The maximum absolute atomic E-state index is 12.9. The van der Waals surface area contributed by atoms with E-state index in [1.807, 2.05) is 73.8 Å². The van der Waals surface area contributed by atoms with Gasteiger partial charge in [0, 0.05) is 31.7 Å². The fourth-order valence-electron chi connectivity index (χ4n) is 4.12. The summed E-state index contributed by atoms with van der Waals surface area (Å²) in [5.41, 5.74) is 2.73. The van der Waals surface area contributed by atoms with Gasteiger partial charge in [0.15, 0.2) is 0 Å². The first-order valence-corrected chi connectivity index (χ1v) is 11.5. The van der Waals surface area contributed by atoms with Crippen LogP contribution in [-0.4, -0.2) is 46.2 Å². The van der Waals surface area contributed by atoms with Crippen molar-refractivity contribution in [3.63, 3.8) is 0 Å². The smallest absolute Gasteiger partial charge is 0.248 e. The Kier molecular flexibility index (Phi) is 7.52. The standard InChI is InChI=1S/C26H30N4O3/c1-2-30-18-23(17-27-30)28-26(32)22-13-15-29(16-14-22)24(31)19-33-25(20-9-5-3-6-10-20)21-11-7-4-8-12-21/h3-12,17-18,22,25H,2,13-16,19H2,1H3,(H,28,32). The number of amides is 2. The van der Waals surface area contributed by atoms with Crippen LogP contribution in [0.2, 0.25) is 0 Å². The number of likely N-dealkylation sites (tertiary alicyclic amines) is 1. The largest absolute Gasteiger partial charge is 0.359 e. The van der Waals surface area contributed by atoms with Crippen LogP contribution >= 0.6 is 0 Å². The third-order valence-corrected chi connectivity index (χ3v) is 6.02. The van der Waals surface area contributed by atoms with Crippen molar-refractivity contribution in [2.45, 2.75) is 32.4 Å². The summed E-state index contributed by atoms with van der Waals surface area (Å²) >= 11 is 0. The van der Waals surface area contributed by atoms with E-state index in [-0.39, 0.29) is 30.4 Å². The molecule has 2 aromatic carbocycles. The monoisotopic (exact) mass is 446 g/mol. The van der Waals surface area contributed by atoms with E-state index in [1.165, 1.54) is 0 Å². The molecule has 3 aromatic rings. The molecule has 1 saturated heterocycles. The highest BCUT2D eigenvalue weighted by Gasteiger charge is 2.28. The van der Waals surface area contributed by atoms with Crippen molar-refractivity contribution in [3.05, 3.63) is 84.2 Å². The maximum atomic E-state index is 12.9. The number of piperidine rings is 1. The van der Waals surface area contributed by atoms with Crippen LogP contribution in [0.1, 0.15) is 37.0 Å². The number of aromatic nitrogens is 2. The van der Waals surface area contributed by atoms with Gasteiger partial charge in [-0.2, -0.15) is 5.10 Å². The van der Waals surface area contributed by atoms with Gasteiger partial charge >= 0.3 is 0 Å². The second kappa shape index (κ2) is 10.9. The van der Waals surface area contributed by atoms with Crippen LogP contribution in [0.4, 0.5) is 5.69 Å². The molecule has 1 N–H and O–H groups in total. The molecule has 0 unspecified atom stereocenters. The van der Waals surface area contributed by atoms with Crippen LogP contribution in [-0.2, 0) is 20.9 Å². The number of rotatable bonds is 8. The number of hydrogen-bond acceptors (Lipinski definition) is 4. The highest BCUT2D eigenvalue weighted by molar-refractivity contribution is 5.92. The van der Waals surface area contributed by atoms with E-state index < -0.39 is 0 Å². The molecule has 1 fully saturated rings. The summed E-state index contributed by atoms with van der Waals surface area (Å²) in [5, 5.41) is 7.12. The second-order valence-electron chi connectivity index (χ2n) is 8.24. The molecule has 0 spiro atoms. The van der Waals surface area contributed by atoms with Crippen molar-refractivity contribution >= 4 is 17.5 Å². The van der Waals surface area contributed by atoms with Crippen LogP contribution in [0.15, 0.2) is 73.1 Å². The molecule has 0 bridgehead atoms. The van der Waals surface area contributed by atoms with E-state index in [1.54, 1.807) is 15.8 Å². The van der Waals surface area contributed by atoms with E-state index >= 15 is 0 Å². The molecule has 2 heterocycles. The van der Waals surface area contributed by atoms with Gasteiger partial charge in [-0.1, -0.05) is 60.7 Å². The first-order chi connectivity index (χ1) is 16.1. The molecule has 1 aromatic heterocycles. The number of nitrogens with zero attached hydrogens (tertiary/aromatic N) is 3. The number of carbonyl (C=O) groups is 2. The Morgan fingerprint density at radius 2 is 1.64 bits per heavy atom. The zero-order chi connectivity index (χ0) is 23.0. The Labute approximate surface area is 194 Å². The molecule has 33 heavy (non-hydrogen) atoms. The lowest BCUT2D eigenvalue weighted by Gasteiger charge is -2.31. The highest BCUT2D eigenvalue weighted by atomic mass is 16.5. The molecule has 7 heteroatoms. The van der Waals surface area contributed by atoms with E-state index in [0.717, 1.165) is 17.7 Å². The third-order valence-electron chi connectivity index (χ3n) is 6.02. The van der Waals surface area contributed by atoms with E-state index in [2.05, 4.69) is 10.4 Å². The van der Waals surface area contributed by atoms with Gasteiger partial charge in [-0.25, -0.2) is 0 Å². The normalized spacial score (nSPS) is 14.4. The van der Waals surface area contributed by atoms with Crippen molar-refractivity contribution < 1.29 is 14.3 Å². The molecule has 172 valence electrons. The topological polar surface area (TPSA) is 76.5 Å². The van der Waals surface area contributed by atoms with Crippen molar-refractivity contribution in [2.75, 3.05) is 25.0 Å². The number of anilines is 1. The lowest BCUT2D eigenvalue weighted by Crippen LogP contribution is -2.43. The fourth-order valence-corrected chi connectivity index (χ4v) is 4.12. The van der Waals surface area contributed by atoms with Crippen LogP contribution in [0.5, 0.6) is 0 Å². The molecule has 0 saturated carbocycles. The summed E-state index contributed by atoms with van der Waals surface area (Å²) in [6.45, 7) is 3.86. The summed E-state index contributed by atoms with van der Waals surface area (Å²) in [4.78, 5) is 27.2. The minimum atomic E-state index is -0.302. The Morgan fingerprint density at radius 1 is 1.03 bits per heavy atom. The predicted molar refractivity (Wildman–Crippen MR) is 127 cm³/mol. The first kappa shape index (κ1) is 22.7. The number of nitrogens with one attached hydrogen (secondary N) is 1. The second-order valence-corrected chi connectivity index (χ2v) is 8.24.